The lowest BCUT2D eigenvalue weighted by molar-refractivity contribution is 1.08. The Kier molecular flexibility index (Phi) is 8.30. The first kappa shape index (κ1) is 39.5. The van der Waals surface area contributed by atoms with Crippen LogP contribution in [0.2, 0.25) is 0 Å². The minimum absolute atomic E-state index is 0.635. The van der Waals surface area contributed by atoms with Crippen molar-refractivity contribution in [1.82, 2.24) is 19.5 Å². The van der Waals surface area contributed by atoms with Crippen molar-refractivity contribution in [3.8, 4) is 39.9 Å². The van der Waals surface area contributed by atoms with Gasteiger partial charge in [-0.3, -0.25) is 0 Å². The van der Waals surface area contributed by atoms with Gasteiger partial charge in [-0.15, -0.1) is 11.3 Å². The van der Waals surface area contributed by atoms with E-state index in [1.165, 1.54) is 91.1 Å². The van der Waals surface area contributed by atoms with Gasteiger partial charge in [-0.05, 0) is 124 Å². The first-order valence-electron chi connectivity index (χ1n) is 24.5. The molecule has 5 heteroatoms. The van der Waals surface area contributed by atoms with Gasteiger partial charge < -0.3 is 4.57 Å². The summed E-state index contributed by atoms with van der Waals surface area (Å²) >= 11 is 1.84. The van der Waals surface area contributed by atoms with E-state index in [9.17, 15) is 0 Å². The van der Waals surface area contributed by atoms with Crippen molar-refractivity contribution in [2.24, 2.45) is 0 Å². The standard InChI is InChI=1S/C67H38N4S/c1-3-18-42-37-60-55(33-40(42)16-1)56-34-41-17-2-4-19-43(41)38-61(56)71(60)59-32-31-54(64-62(59)53-30-29-39-15-5-10-24-48(39)63(53)72-64)65-68-66(57-35-44-20-6-8-22-46(44)49-25-11-13-27-51(49)57)70-67(69-65)58-36-45-21-7-9-23-47(45)50-26-12-14-28-52(50)58/h1-38H. The van der Waals surface area contributed by atoms with Gasteiger partial charge in [-0.2, -0.15) is 0 Å². The highest BCUT2D eigenvalue weighted by Gasteiger charge is 2.25. The fourth-order valence-corrected chi connectivity index (χ4v) is 13.2. The summed E-state index contributed by atoms with van der Waals surface area (Å²) in [5, 5.41) is 21.4. The molecule has 0 spiro atoms. The Morgan fingerprint density at radius 1 is 0.264 bits per heavy atom. The summed E-state index contributed by atoms with van der Waals surface area (Å²) in [6.07, 6.45) is 0. The van der Waals surface area contributed by atoms with Gasteiger partial charge in [0, 0.05) is 47.6 Å². The fourth-order valence-electron chi connectivity index (χ4n) is 11.8. The summed E-state index contributed by atoms with van der Waals surface area (Å²) in [6.45, 7) is 0. The average molecular weight is 931 g/mol. The van der Waals surface area contributed by atoms with Crippen molar-refractivity contribution >= 4 is 129 Å². The molecule has 16 rings (SSSR count). The third-order valence-corrected chi connectivity index (χ3v) is 16.4. The number of nitrogens with zero attached hydrogens (tertiary/aromatic N) is 4. The molecule has 0 N–H and O–H groups in total. The minimum atomic E-state index is 0.635. The van der Waals surface area contributed by atoms with Crippen LogP contribution in [0.3, 0.4) is 0 Å². The average Bonchev–Trinajstić information content (AvgIpc) is 3.99. The molecule has 0 bridgehead atoms. The maximum Gasteiger partial charge on any atom is 0.165 e. The van der Waals surface area contributed by atoms with Gasteiger partial charge in [0.25, 0.3) is 0 Å². The molecule has 72 heavy (non-hydrogen) atoms. The lowest BCUT2D eigenvalue weighted by Crippen LogP contribution is -2.02. The van der Waals surface area contributed by atoms with Crippen LogP contribution in [-0.4, -0.2) is 19.5 Å². The van der Waals surface area contributed by atoms with E-state index in [4.69, 9.17) is 15.0 Å². The SMILES string of the molecule is c1ccc2cc3c(cc2c1)c1cc2ccccc2cc1n3-c1ccc(-c2nc(-c3cc4ccccc4c4ccccc34)nc(-c3cc4ccccc4c4ccccc34)n2)c2sc3c4ccccc4ccc3c12. The maximum atomic E-state index is 5.62. The highest BCUT2D eigenvalue weighted by Crippen LogP contribution is 2.48. The number of hydrogen-bond donors (Lipinski definition) is 0. The summed E-state index contributed by atoms with van der Waals surface area (Å²) < 4.78 is 4.89. The van der Waals surface area contributed by atoms with Crippen molar-refractivity contribution in [3.63, 3.8) is 0 Å². The Balaban J connectivity index is 1.05. The van der Waals surface area contributed by atoms with Gasteiger partial charge >= 0.3 is 0 Å². The van der Waals surface area contributed by atoms with Crippen LogP contribution >= 0.6 is 11.3 Å². The Labute approximate surface area is 416 Å². The van der Waals surface area contributed by atoms with Crippen LogP contribution in [0.25, 0.3) is 157 Å². The van der Waals surface area contributed by atoms with E-state index in [1.807, 2.05) is 11.3 Å². The Hall–Kier alpha value is -9.29. The molecule has 0 radical (unpaired) electrons. The summed E-state index contributed by atoms with van der Waals surface area (Å²) in [7, 11) is 0. The molecular weight excluding hydrogens is 893 g/mol. The maximum absolute atomic E-state index is 5.62. The molecule has 0 saturated heterocycles. The number of aromatic nitrogens is 4. The molecular formula is C67H38N4S. The molecule has 0 amide bonds. The summed E-state index contributed by atoms with van der Waals surface area (Å²) in [5.41, 5.74) is 6.37. The van der Waals surface area contributed by atoms with Crippen LogP contribution in [-0.2, 0) is 0 Å². The second-order valence-corrected chi connectivity index (χ2v) is 20.1. The highest BCUT2D eigenvalue weighted by atomic mass is 32.1. The molecule has 0 aliphatic carbocycles. The number of fused-ring (bicyclic) bond motifs is 16. The number of thiophene rings is 1. The van der Waals surface area contributed by atoms with Crippen LogP contribution < -0.4 is 0 Å². The van der Waals surface area contributed by atoms with Gasteiger partial charge in [0.05, 0.1) is 16.7 Å². The number of hydrogen-bond acceptors (Lipinski definition) is 4. The molecule has 0 unspecified atom stereocenters. The zero-order valence-electron chi connectivity index (χ0n) is 38.6. The van der Waals surface area contributed by atoms with E-state index < -0.39 is 0 Å². The van der Waals surface area contributed by atoms with Crippen LogP contribution in [0.4, 0.5) is 0 Å². The van der Waals surface area contributed by atoms with Gasteiger partial charge in [-0.1, -0.05) is 182 Å². The predicted octanol–water partition coefficient (Wildman–Crippen LogP) is 18.4. The smallest absolute Gasteiger partial charge is 0.165 e. The molecule has 0 fully saturated rings. The summed E-state index contributed by atoms with van der Waals surface area (Å²) in [5.74, 6) is 1.91. The second-order valence-electron chi connectivity index (χ2n) is 19.1. The fraction of sp³-hybridized carbons (Fsp3) is 0. The molecule has 0 saturated carbocycles. The van der Waals surface area contributed by atoms with Gasteiger partial charge in [0.2, 0.25) is 0 Å². The molecule has 0 atom stereocenters. The third-order valence-electron chi connectivity index (χ3n) is 15.1. The third kappa shape index (κ3) is 5.77. The largest absolute Gasteiger partial charge is 0.309 e. The summed E-state index contributed by atoms with van der Waals surface area (Å²) in [6, 6.07) is 84.0. The summed E-state index contributed by atoms with van der Waals surface area (Å²) in [4.78, 5) is 16.8. The molecule has 13 aromatic carbocycles. The molecule has 332 valence electrons. The van der Waals surface area contributed by atoms with E-state index in [2.05, 4.69) is 235 Å². The van der Waals surface area contributed by atoms with Gasteiger partial charge in [0.1, 0.15) is 0 Å². The van der Waals surface area contributed by atoms with E-state index in [0.29, 0.717) is 17.5 Å². The zero-order valence-corrected chi connectivity index (χ0v) is 39.5. The topological polar surface area (TPSA) is 43.6 Å². The zero-order chi connectivity index (χ0) is 47.0. The lowest BCUT2D eigenvalue weighted by atomic mass is 9.96. The molecule has 16 aromatic rings. The molecule has 3 heterocycles. The minimum Gasteiger partial charge on any atom is -0.309 e. The second kappa shape index (κ2) is 15.1. The lowest BCUT2D eigenvalue weighted by Gasteiger charge is -2.15. The van der Waals surface area contributed by atoms with E-state index in [0.717, 1.165) is 48.6 Å². The van der Waals surface area contributed by atoms with Crippen LogP contribution in [0.15, 0.2) is 231 Å². The monoisotopic (exact) mass is 930 g/mol. The molecule has 3 aromatic heterocycles. The van der Waals surface area contributed by atoms with Crippen molar-refractivity contribution in [2.75, 3.05) is 0 Å². The van der Waals surface area contributed by atoms with E-state index in [1.54, 1.807) is 0 Å². The number of benzene rings is 13. The first-order valence-corrected chi connectivity index (χ1v) is 25.3. The Morgan fingerprint density at radius 3 is 1.21 bits per heavy atom. The van der Waals surface area contributed by atoms with Crippen LogP contribution in [0, 0.1) is 0 Å². The van der Waals surface area contributed by atoms with E-state index >= 15 is 0 Å². The van der Waals surface area contributed by atoms with Crippen molar-refractivity contribution in [3.05, 3.63) is 231 Å². The first-order chi connectivity index (χ1) is 35.7. The van der Waals surface area contributed by atoms with Gasteiger partial charge in [0.15, 0.2) is 17.5 Å². The van der Waals surface area contributed by atoms with E-state index in [-0.39, 0.29) is 0 Å². The van der Waals surface area contributed by atoms with Crippen molar-refractivity contribution in [1.29, 1.82) is 0 Å². The molecule has 0 aliphatic heterocycles. The van der Waals surface area contributed by atoms with Crippen molar-refractivity contribution < 1.29 is 0 Å². The molecule has 4 nitrogen and oxygen atoms in total. The van der Waals surface area contributed by atoms with Crippen LogP contribution in [0.5, 0.6) is 0 Å². The Bertz CT molecular complexity index is 4770. The predicted molar refractivity (Wildman–Crippen MR) is 306 cm³/mol. The Morgan fingerprint density at radius 2 is 0.681 bits per heavy atom. The van der Waals surface area contributed by atoms with Crippen molar-refractivity contribution in [2.45, 2.75) is 0 Å². The molecule has 0 aliphatic rings. The normalized spacial score (nSPS) is 12.2. The number of rotatable bonds is 4. The van der Waals surface area contributed by atoms with Gasteiger partial charge in [-0.25, -0.2) is 15.0 Å². The van der Waals surface area contributed by atoms with Crippen LogP contribution in [0.1, 0.15) is 0 Å². The quantitative estimate of drug-likeness (QED) is 0.165. The highest BCUT2D eigenvalue weighted by molar-refractivity contribution is 7.27.